The second-order valence-electron chi connectivity index (χ2n) is 4.15. The summed E-state index contributed by atoms with van der Waals surface area (Å²) in [7, 11) is 0. The van der Waals surface area contributed by atoms with Crippen LogP contribution in [0.4, 0.5) is 13.2 Å². The number of nitrogens with two attached hydrogens (primary N) is 1. The zero-order valence-electron chi connectivity index (χ0n) is 10.5. The highest BCUT2D eigenvalue weighted by molar-refractivity contribution is 9.10. The third kappa shape index (κ3) is 3.55. The van der Waals surface area contributed by atoms with E-state index in [2.05, 4.69) is 15.9 Å². The van der Waals surface area contributed by atoms with Crippen LogP contribution >= 0.6 is 15.9 Å². The number of nitrogen functional groups attached to an aromatic ring is 1. The predicted octanol–water partition coefficient (Wildman–Crippen LogP) is 4.54. The molecule has 0 saturated carbocycles. The van der Waals surface area contributed by atoms with Crippen molar-refractivity contribution < 1.29 is 17.9 Å². The Labute approximate surface area is 127 Å². The van der Waals surface area contributed by atoms with Gasteiger partial charge in [-0.2, -0.15) is 13.2 Å². The van der Waals surface area contributed by atoms with Gasteiger partial charge in [-0.15, -0.1) is 0 Å². The lowest BCUT2D eigenvalue weighted by atomic mass is 10.2. The van der Waals surface area contributed by atoms with Gasteiger partial charge in [0, 0.05) is 5.56 Å². The molecule has 3 nitrogen and oxygen atoms in total. The summed E-state index contributed by atoms with van der Waals surface area (Å²) in [6.45, 7) is 0. The molecule has 21 heavy (non-hydrogen) atoms. The molecule has 0 aliphatic heterocycles. The van der Waals surface area contributed by atoms with Gasteiger partial charge in [-0.1, -0.05) is 12.1 Å². The highest BCUT2D eigenvalue weighted by atomic mass is 79.9. The third-order valence-electron chi connectivity index (χ3n) is 2.66. The average molecular weight is 359 g/mol. The van der Waals surface area contributed by atoms with Crippen molar-refractivity contribution in [3.05, 3.63) is 58.1 Å². The fourth-order valence-corrected chi connectivity index (χ4v) is 2.12. The van der Waals surface area contributed by atoms with Crippen LogP contribution in [0.2, 0.25) is 0 Å². The molecule has 0 unspecified atom stereocenters. The van der Waals surface area contributed by atoms with Crippen LogP contribution in [-0.2, 0) is 6.18 Å². The Morgan fingerprint density at radius 2 is 1.76 bits per heavy atom. The van der Waals surface area contributed by atoms with Crippen molar-refractivity contribution in [2.45, 2.75) is 6.18 Å². The van der Waals surface area contributed by atoms with E-state index in [4.69, 9.17) is 15.9 Å². The molecule has 2 aromatic rings. The molecule has 0 spiro atoms. The van der Waals surface area contributed by atoms with Crippen LogP contribution in [0.5, 0.6) is 11.5 Å². The Balaban J connectivity index is 2.38. The van der Waals surface area contributed by atoms with E-state index in [0.717, 1.165) is 6.07 Å². The monoisotopic (exact) mass is 358 g/mol. The second kappa shape index (κ2) is 5.77. The minimum Gasteiger partial charge on any atom is -0.456 e. The molecule has 3 N–H and O–H groups in total. The second-order valence-corrected chi connectivity index (χ2v) is 5.01. The Morgan fingerprint density at radius 1 is 1.10 bits per heavy atom. The molecule has 7 heteroatoms. The van der Waals surface area contributed by atoms with E-state index in [0.29, 0.717) is 10.0 Å². The van der Waals surface area contributed by atoms with Crippen LogP contribution in [0.1, 0.15) is 11.1 Å². The Kier molecular flexibility index (Phi) is 4.22. The van der Waals surface area contributed by atoms with Crippen molar-refractivity contribution in [1.82, 2.24) is 0 Å². The zero-order valence-corrected chi connectivity index (χ0v) is 12.1. The van der Waals surface area contributed by atoms with Crippen LogP contribution in [0.25, 0.3) is 0 Å². The number of nitrogens with one attached hydrogen (secondary N) is 1. The number of halogens is 4. The van der Waals surface area contributed by atoms with E-state index in [1.165, 1.54) is 36.4 Å². The van der Waals surface area contributed by atoms with Gasteiger partial charge in [-0.3, -0.25) is 5.41 Å². The fourth-order valence-electron chi connectivity index (χ4n) is 1.66. The van der Waals surface area contributed by atoms with Crippen LogP contribution in [0.15, 0.2) is 46.9 Å². The van der Waals surface area contributed by atoms with Gasteiger partial charge in [-0.05, 0) is 46.3 Å². The van der Waals surface area contributed by atoms with Gasteiger partial charge in [0.25, 0.3) is 0 Å². The van der Waals surface area contributed by atoms with Crippen LogP contribution in [0, 0.1) is 5.41 Å². The number of benzene rings is 2. The van der Waals surface area contributed by atoms with Gasteiger partial charge < -0.3 is 10.5 Å². The largest absolute Gasteiger partial charge is 0.456 e. The standard InChI is InChI=1S/C14H10BrF3N2O/c15-10-7-8(13(19)20)5-6-12(10)21-11-4-2-1-3-9(11)14(16,17)18/h1-7H,(H3,19,20). The molecule has 110 valence electrons. The lowest BCUT2D eigenvalue weighted by Gasteiger charge is -2.14. The highest BCUT2D eigenvalue weighted by Gasteiger charge is 2.34. The molecule has 0 aromatic heterocycles. The average Bonchev–Trinajstić information content (AvgIpc) is 2.40. The van der Waals surface area contributed by atoms with E-state index in [1.807, 2.05) is 0 Å². The first-order chi connectivity index (χ1) is 9.79. The summed E-state index contributed by atoms with van der Waals surface area (Å²) in [5.74, 6) is -0.226. The minimum atomic E-state index is -4.50. The normalized spacial score (nSPS) is 11.2. The summed E-state index contributed by atoms with van der Waals surface area (Å²) in [5.41, 5.74) is 4.93. The number of alkyl halides is 3. The third-order valence-corrected chi connectivity index (χ3v) is 3.27. The molecule has 0 saturated heterocycles. The van der Waals surface area contributed by atoms with E-state index < -0.39 is 11.7 Å². The predicted molar refractivity (Wildman–Crippen MR) is 76.7 cm³/mol. The SMILES string of the molecule is N=C(N)c1ccc(Oc2ccccc2C(F)(F)F)c(Br)c1. The maximum Gasteiger partial charge on any atom is 0.419 e. The van der Waals surface area contributed by atoms with Crippen LogP contribution in [0.3, 0.4) is 0 Å². The molecular formula is C14H10BrF3N2O. The number of amidine groups is 1. The first-order valence-corrected chi connectivity index (χ1v) is 6.56. The molecule has 0 bridgehead atoms. The molecular weight excluding hydrogens is 349 g/mol. The number of ether oxygens (including phenoxy) is 1. The van der Waals surface area contributed by atoms with E-state index in [9.17, 15) is 13.2 Å². The topological polar surface area (TPSA) is 59.1 Å². The molecule has 0 aliphatic rings. The van der Waals surface area contributed by atoms with Crippen molar-refractivity contribution in [2.75, 3.05) is 0 Å². The first kappa shape index (κ1) is 15.4. The minimum absolute atomic E-state index is 0.141. The quantitative estimate of drug-likeness (QED) is 0.624. The van der Waals surface area contributed by atoms with Crippen molar-refractivity contribution in [1.29, 1.82) is 5.41 Å². The molecule has 0 heterocycles. The summed E-state index contributed by atoms with van der Waals surface area (Å²) in [4.78, 5) is 0. The smallest absolute Gasteiger partial charge is 0.419 e. The number of hydrogen-bond acceptors (Lipinski definition) is 2. The Hall–Kier alpha value is -2.02. The summed E-state index contributed by atoms with van der Waals surface area (Å²) >= 11 is 3.19. The molecule has 0 amide bonds. The highest BCUT2D eigenvalue weighted by Crippen LogP contribution is 2.39. The molecule has 2 rings (SSSR count). The van der Waals surface area contributed by atoms with Crippen LogP contribution in [-0.4, -0.2) is 5.84 Å². The van der Waals surface area contributed by atoms with Crippen LogP contribution < -0.4 is 10.5 Å². The van der Waals surface area contributed by atoms with Gasteiger partial charge in [0.1, 0.15) is 17.3 Å². The van der Waals surface area contributed by atoms with Crippen molar-refractivity contribution in [3.63, 3.8) is 0 Å². The van der Waals surface area contributed by atoms with Gasteiger partial charge >= 0.3 is 6.18 Å². The Bertz CT molecular complexity index is 686. The van der Waals surface area contributed by atoms with Crippen molar-refractivity contribution >= 4 is 21.8 Å². The molecule has 0 atom stereocenters. The molecule has 0 fully saturated rings. The summed E-state index contributed by atoms with van der Waals surface area (Å²) < 4.78 is 44.4. The zero-order chi connectivity index (χ0) is 15.6. The van der Waals surface area contributed by atoms with Gasteiger partial charge in [0.2, 0.25) is 0 Å². The van der Waals surface area contributed by atoms with Crippen molar-refractivity contribution in [2.24, 2.45) is 5.73 Å². The van der Waals surface area contributed by atoms with Crippen molar-refractivity contribution in [3.8, 4) is 11.5 Å². The van der Waals surface area contributed by atoms with Gasteiger partial charge in [-0.25, -0.2) is 0 Å². The lowest BCUT2D eigenvalue weighted by Crippen LogP contribution is -2.11. The summed E-state index contributed by atoms with van der Waals surface area (Å²) in [6, 6.07) is 9.41. The number of para-hydroxylation sites is 1. The maximum absolute atomic E-state index is 12.9. The van der Waals surface area contributed by atoms with Gasteiger partial charge in [0.05, 0.1) is 10.0 Å². The molecule has 0 aliphatic carbocycles. The van der Waals surface area contributed by atoms with E-state index in [1.54, 1.807) is 0 Å². The Morgan fingerprint density at radius 3 is 2.33 bits per heavy atom. The van der Waals surface area contributed by atoms with Gasteiger partial charge in [0.15, 0.2) is 0 Å². The van der Waals surface area contributed by atoms with E-state index in [-0.39, 0.29) is 17.3 Å². The fraction of sp³-hybridized carbons (Fsp3) is 0.0714. The number of hydrogen-bond donors (Lipinski definition) is 2. The maximum atomic E-state index is 12.9. The molecule has 0 radical (unpaired) electrons. The van der Waals surface area contributed by atoms with E-state index >= 15 is 0 Å². The number of rotatable bonds is 3. The first-order valence-electron chi connectivity index (χ1n) is 5.77. The summed E-state index contributed by atoms with van der Waals surface area (Å²) in [6.07, 6.45) is -4.50. The summed E-state index contributed by atoms with van der Waals surface area (Å²) in [5, 5.41) is 7.31. The lowest BCUT2D eigenvalue weighted by molar-refractivity contribution is -0.138. The molecule has 2 aromatic carbocycles.